The van der Waals surface area contributed by atoms with Gasteiger partial charge in [0.1, 0.15) is 0 Å². The number of aromatic nitrogens is 2. The minimum atomic E-state index is 0.564. The third-order valence-electron chi connectivity index (χ3n) is 3.25. The predicted molar refractivity (Wildman–Crippen MR) is 82.9 cm³/mol. The second kappa shape index (κ2) is 5.82. The molecular weight excluding hydrogens is 282 g/mol. The fourth-order valence-electron chi connectivity index (χ4n) is 2.15. The number of nitrogens with zero attached hydrogens (tertiary/aromatic N) is 3. The van der Waals surface area contributed by atoms with Crippen molar-refractivity contribution in [2.24, 2.45) is 0 Å². The molecule has 3 rings (SSSR count). The van der Waals surface area contributed by atoms with Crippen LogP contribution in [-0.2, 0) is 6.54 Å². The van der Waals surface area contributed by atoms with Crippen molar-refractivity contribution in [1.29, 1.82) is 5.26 Å². The first-order valence-electron chi connectivity index (χ1n) is 6.52. The molecule has 0 amide bonds. The molecule has 0 bridgehead atoms. The van der Waals surface area contributed by atoms with Gasteiger partial charge in [-0.15, -0.1) is 0 Å². The first kappa shape index (κ1) is 13.4. The fraction of sp³-hybridized carbons (Fsp3) is 0.0588. The number of nitriles is 1. The minimum Gasteiger partial charge on any atom is -0.268 e. The second-order valence-electron chi connectivity index (χ2n) is 4.71. The van der Waals surface area contributed by atoms with Crippen LogP contribution in [0.1, 0.15) is 11.1 Å². The van der Waals surface area contributed by atoms with Crippen molar-refractivity contribution in [2.45, 2.75) is 6.54 Å². The Labute approximate surface area is 128 Å². The van der Waals surface area contributed by atoms with Gasteiger partial charge in [-0.3, -0.25) is 4.68 Å². The Morgan fingerprint density at radius 2 is 1.90 bits per heavy atom. The highest BCUT2D eigenvalue weighted by Gasteiger charge is 2.05. The molecule has 2 aromatic carbocycles. The van der Waals surface area contributed by atoms with Crippen LogP contribution in [0, 0.1) is 11.3 Å². The highest BCUT2D eigenvalue weighted by atomic mass is 35.5. The smallest absolute Gasteiger partial charge is 0.0992 e. The lowest BCUT2D eigenvalue weighted by atomic mass is 10.1. The van der Waals surface area contributed by atoms with Gasteiger partial charge in [-0.2, -0.15) is 10.4 Å². The van der Waals surface area contributed by atoms with Crippen molar-refractivity contribution in [3.63, 3.8) is 0 Å². The maximum absolute atomic E-state index is 8.85. The highest BCUT2D eigenvalue weighted by Crippen LogP contribution is 2.21. The average Bonchev–Trinajstić information content (AvgIpc) is 2.99. The molecule has 102 valence electrons. The SMILES string of the molecule is N#Cc1ccc(Cn2cc(-c3ccccc3)cn2)c(Cl)c1. The number of halogens is 1. The largest absolute Gasteiger partial charge is 0.268 e. The van der Waals surface area contributed by atoms with E-state index in [4.69, 9.17) is 16.9 Å². The Morgan fingerprint density at radius 3 is 2.62 bits per heavy atom. The second-order valence-corrected chi connectivity index (χ2v) is 5.12. The first-order valence-corrected chi connectivity index (χ1v) is 6.90. The summed E-state index contributed by atoms with van der Waals surface area (Å²) in [5.74, 6) is 0. The van der Waals surface area contributed by atoms with Crippen molar-refractivity contribution in [2.75, 3.05) is 0 Å². The molecule has 0 fully saturated rings. The van der Waals surface area contributed by atoms with Crippen LogP contribution in [-0.4, -0.2) is 9.78 Å². The minimum absolute atomic E-state index is 0.564. The normalized spacial score (nSPS) is 10.3. The Bertz CT molecular complexity index is 800. The van der Waals surface area contributed by atoms with Crippen LogP contribution in [0.15, 0.2) is 60.9 Å². The van der Waals surface area contributed by atoms with Gasteiger partial charge in [-0.1, -0.05) is 48.0 Å². The molecule has 0 N–H and O–H groups in total. The quantitative estimate of drug-likeness (QED) is 0.729. The van der Waals surface area contributed by atoms with E-state index in [9.17, 15) is 0 Å². The Balaban J connectivity index is 1.84. The van der Waals surface area contributed by atoms with E-state index in [0.29, 0.717) is 17.1 Å². The maximum atomic E-state index is 8.85. The summed E-state index contributed by atoms with van der Waals surface area (Å²) >= 11 is 6.19. The molecule has 0 aliphatic heterocycles. The van der Waals surface area contributed by atoms with E-state index in [-0.39, 0.29) is 0 Å². The first-order chi connectivity index (χ1) is 10.3. The van der Waals surface area contributed by atoms with Crippen molar-refractivity contribution in [1.82, 2.24) is 9.78 Å². The Morgan fingerprint density at radius 1 is 1.10 bits per heavy atom. The summed E-state index contributed by atoms with van der Waals surface area (Å²) in [6.07, 6.45) is 3.83. The molecule has 4 heteroatoms. The van der Waals surface area contributed by atoms with Gasteiger partial charge in [0.25, 0.3) is 0 Å². The zero-order chi connectivity index (χ0) is 14.7. The number of benzene rings is 2. The third kappa shape index (κ3) is 2.96. The molecule has 3 nitrogen and oxygen atoms in total. The molecule has 21 heavy (non-hydrogen) atoms. The molecule has 0 aliphatic carbocycles. The summed E-state index contributed by atoms with van der Waals surface area (Å²) < 4.78 is 1.84. The molecule has 0 unspecified atom stereocenters. The lowest BCUT2D eigenvalue weighted by Crippen LogP contribution is -2.00. The standard InChI is InChI=1S/C17H12ClN3/c18-17-8-13(9-19)6-7-15(17)11-21-12-16(10-20-21)14-4-2-1-3-5-14/h1-8,10,12H,11H2. The van der Waals surface area contributed by atoms with Crippen molar-refractivity contribution >= 4 is 11.6 Å². The van der Waals surface area contributed by atoms with E-state index < -0.39 is 0 Å². The van der Waals surface area contributed by atoms with Crippen LogP contribution < -0.4 is 0 Å². The van der Waals surface area contributed by atoms with Gasteiger partial charge in [0, 0.05) is 16.8 Å². The molecule has 1 aromatic heterocycles. The molecule has 3 aromatic rings. The molecule has 1 heterocycles. The highest BCUT2D eigenvalue weighted by molar-refractivity contribution is 6.31. The average molecular weight is 294 g/mol. The summed E-state index contributed by atoms with van der Waals surface area (Å²) in [4.78, 5) is 0. The van der Waals surface area contributed by atoms with E-state index in [0.717, 1.165) is 16.7 Å². The lowest BCUT2D eigenvalue weighted by molar-refractivity contribution is 0.687. The van der Waals surface area contributed by atoms with E-state index in [1.165, 1.54) is 0 Å². The van der Waals surface area contributed by atoms with Gasteiger partial charge in [0.2, 0.25) is 0 Å². The van der Waals surface area contributed by atoms with Crippen LogP contribution in [0.3, 0.4) is 0 Å². The topological polar surface area (TPSA) is 41.6 Å². The maximum Gasteiger partial charge on any atom is 0.0992 e. The van der Waals surface area contributed by atoms with Gasteiger partial charge in [-0.05, 0) is 23.3 Å². The fourth-order valence-corrected chi connectivity index (χ4v) is 2.39. The van der Waals surface area contributed by atoms with E-state index >= 15 is 0 Å². The van der Waals surface area contributed by atoms with Gasteiger partial charge < -0.3 is 0 Å². The summed E-state index contributed by atoms with van der Waals surface area (Å²) in [5.41, 5.74) is 3.71. The van der Waals surface area contributed by atoms with Gasteiger partial charge in [0.05, 0.1) is 24.4 Å². The van der Waals surface area contributed by atoms with Gasteiger partial charge in [0.15, 0.2) is 0 Å². The molecule has 0 spiro atoms. The van der Waals surface area contributed by atoms with Crippen LogP contribution >= 0.6 is 11.6 Å². The molecule has 0 atom stereocenters. The van der Waals surface area contributed by atoms with Crippen LogP contribution in [0.2, 0.25) is 5.02 Å². The van der Waals surface area contributed by atoms with Crippen molar-refractivity contribution < 1.29 is 0 Å². The Kier molecular flexibility index (Phi) is 3.72. The lowest BCUT2D eigenvalue weighted by Gasteiger charge is -2.04. The van der Waals surface area contributed by atoms with Crippen LogP contribution in [0.4, 0.5) is 0 Å². The zero-order valence-corrected chi connectivity index (χ0v) is 12.0. The predicted octanol–water partition coefficient (Wildman–Crippen LogP) is 4.12. The van der Waals surface area contributed by atoms with Crippen molar-refractivity contribution in [3.8, 4) is 17.2 Å². The number of hydrogen-bond acceptors (Lipinski definition) is 2. The zero-order valence-electron chi connectivity index (χ0n) is 11.2. The summed E-state index contributed by atoms with van der Waals surface area (Å²) in [6.45, 7) is 0.581. The van der Waals surface area contributed by atoms with E-state index in [1.54, 1.807) is 12.1 Å². The summed E-state index contributed by atoms with van der Waals surface area (Å²) in [6, 6.07) is 17.5. The van der Waals surface area contributed by atoms with Crippen molar-refractivity contribution in [3.05, 3.63) is 77.1 Å². The molecule has 0 saturated carbocycles. The molecule has 0 radical (unpaired) electrons. The number of rotatable bonds is 3. The summed E-state index contributed by atoms with van der Waals surface area (Å²) in [5, 5.41) is 13.8. The van der Waals surface area contributed by atoms with E-state index in [2.05, 4.69) is 23.3 Å². The third-order valence-corrected chi connectivity index (χ3v) is 3.61. The summed E-state index contributed by atoms with van der Waals surface area (Å²) in [7, 11) is 0. The van der Waals surface area contributed by atoms with E-state index in [1.807, 2.05) is 41.3 Å². The number of hydrogen-bond donors (Lipinski definition) is 0. The Hall–Kier alpha value is -2.57. The van der Waals surface area contributed by atoms with Gasteiger partial charge >= 0.3 is 0 Å². The molecular formula is C17H12ClN3. The van der Waals surface area contributed by atoms with Crippen LogP contribution in [0.5, 0.6) is 0 Å². The molecule has 0 saturated heterocycles. The monoisotopic (exact) mass is 293 g/mol. The van der Waals surface area contributed by atoms with Gasteiger partial charge in [-0.25, -0.2) is 0 Å². The van der Waals surface area contributed by atoms with Crippen LogP contribution in [0.25, 0.3) is 11.1 Å². The molecule has 0 aliphatic rings.